The molecule has 0 saturated carbocycles. The summed E-state index contributed by atoms with van der Waals surface area (Å²) in [4.78, 5) is 23.5. The van der Waals surface area contributed by atoms with Crippen LogP contribution in [0.2, 0.25) is 0 Å². The summed E-state index contributed by atoms with van der Waals surface area (Å²) in [5.74, 6) is -1.35. The molecule has 202 valence electrons. The normalized spacial score (nSPS) is 12.1. The molecule has 0 radical (unpaired) electrons. The first-order valence-corrected chi connectivity index (χ1v) is 15.0. The van der Waals surface area contributed by atoms with E-state index in [1.807, 2.05) is 0 Å². The van der Waals surface area contributed by atoms with E-state index in [2.05, 4.69) is 13.8 Å². The van der Waals surface area contributed by atoms with Crippen LogP contribution < -0.4 is 0 Å². The Morgan fingerprint density at radius 2 is 0.853 bits per heavy atom. The summed E-state index contributed by atoms with van der Waals surface area (Å²) in [5.41, 5.74) is 0. The minimum Gasteiger partial charge on any atom is -0.479 e. The molecule has 0 fully saturated rings. The van der Waals surface area contributed by atoms with E-state index in [9.17, 15) is 14.7 Å². The first-order valence-electron chi connectivity index (χ1n) is 15.0. The zero-order valence-electron chi connectivity index (χ0n) is 22.9. The van der Waals surface area contributed by atoms with E-state index in [0.717, 1.165) is 38.5 Å². The van der Waals surface area contributed by atoms with Crippen molar-refractivity contribution in [3.63, 3.8) is 0 Å². The lowest BCUT2D eigenvalue weighted by Crippen LogP contribution is -2.27. The van der Waals surface area contributed by atoms with Gasteiger partial charge in [0, 0.05) is 6.42 Å². The lowest BCUT2D eigenvalue weighted by atomic mass is 10.0. The summed E-state index contributed by atoms with van der Waals surface area (Å²) in [6, 6.07) is 0. The molecule has 34 heavy (non-hydrogen) atoms. The van der Waals surface area contributed by atoms with Crippen molar-refractivity contribution >= 4 is 11.9 Å². The third-order valence-corrected chi connectivity index (χ3v) is 6.85. The van der Waals surface area contributed by atoms with Crippen LogP contribution in [-0.4, -0.2) is 23.1 Å². The predicted molar refractivity (Wildman–Crippen MR) is 144 cm³/mol. The van der Waals surface area contributed by atoms with E-state index < -0.39 is 12.1 Å². The molecular weight excluding hydrogens is 424 g/mol. The number of carbonyl (C=O) groups is 2. The number of aliphatic carboxylic acids is 1. The van der Waals surface area contributed by atoms with Crippen molar-refractivity contribution in [2.24, 2.45) is 0 Å². The standard InChI is InChI=1S/C30H58O4/c1-3-5-7-9-11-13-15-16-17-19-21-23-25-27-29(31)34-28(30(32)33)26-24-22-20-18-14-12-10-8-6-4-2/h28H,3-27H2,1-2H3,(H,32,33). The monoisotopic (exact) mass is 482 g/mol. The topological polar surface area (TPSA) is 63.6 Å². The van der Waals surface area contributed by atoms with Gasteiger partial charge in [0.1, 0.15) is 0 Å². The van der Waals surface area contributed by atoms with E-state index in [0.29, 0.717) is 12.8 Å². The van der Waals surface area contributed by atoms with Gasteiger partial charge in [-0.1, -0.05) is 149 Å². The Kier molecular flexibility index (Phi) is 25.7. The van der Waals surface area contributed by atoms with Gasteiger partial charge in [-0.15, -0.1) is 0 Å². The molecule has 1 atom stereocenters. The molecule has 4 nitrogen and oxygen atoms in total. The van der Waals surface area contributed by atoms with Crippen molar-refractivity contribution in [1.82, 2.24) is 0 Å². The summed E-state index contributed by atoms with van der Waals surface area (Å²) < 4.78 is 5.26. The largest absolute Gasteiger partial charge is 0.479 e. The molecule has 0 rings (SSSR count). The van der Waals surface area contributed by atoms with Crippen molar-refractivity contribution in [2.45, 2.75) is 180 Å². The Morgan fingerprint density at radius 3 is 1.21 bits per heavy atom. The molecule has 0 amide bonds. The van der Waals surface area contributed by atoms with Crippen LogP contribution in [0.15, 0.2) is 0 Å². The van der Waals surface area contributed by atoms with Gasteiger partial charge in [-0.25, -0.2) is 4.79 Å². The molecule has 0 bridgehead atoms. The Labute approximate surface area is 212 Å². The van der Waals surface area contributed by atoms with Crippen LogP contribution in [0, 0.1) is 0 Å². The maximum Gasteiger partial charge on any atom is 0.345 e. The summed E-state index contributed by atoms with van der Waals surface area (Å²) in [6.45, 7) is 4.50. The molecule has 0 spiro atoms. The number of carboxylic acid groups (broad SMARTS) is 1. The van der Waals surface area contributed by atoms with Gasteiger partial charge in [0.15, 0.2) is 6.10 Å². The molecule has 0 aromatic carbocycles. The van der Waals surface area contributed by atoms with Crippen LogP contribution in [0.25, 0.3) is 0 Å². The highest BCUT2D eigenvalue weighted by atomic mass is 16.6. The van der Waals surface area contributed by atoms with Gasteiger partial charge < -0.3 is 9.84 Å². The van der Waals surface area contributed by atoms with Crippen LogP contribution in [0.5, 0.6) is 0 Å². The van der Waals surface area contributed by atoms with Crippen molar-refractivity contribution in [1.29, 1.82) is 0 Å². The number of unbranched alkanes of at least 4 members (excludes halogenated alkanes) is 21. The number of ether oxygens (including phenoxy) is 1. The molecule has 4 heteroatoms. The highest BCUT2D eigenvalue weighted by Gasteiger charge is 2.21. The molecule has 0 aromatic rings. The number of carbonyl (C=O) groups excluding carboxylic acids is 1. The molecule has 0 aliphatic heterocycles. The lowest BCUT2D eigenvalue weighted by molar-refractivity contribution is -0.164. The third kappa shape index (κ3) is 24.1. The highest BCUT2D eigenvalue weighted by Crippen LogP contribution is 2.15. The van der Waals surface area contributed by atoms with Crippen LogP contribution in [0.1, 0.15) is 174 Å². The van der Waals surface area contributed by atoms with Gasteiger partial charge in [-0.3, -0.25) is 4.79 Å². The van der Waals surface area contributed by atoms with Gasteiger partial charge in [-0.05, 0) is 19.3 Å². The first-order chi connectivity index (χ1) is 16.6. The van der Waals surface area contributed by atoms with Gasteiger partial charge in [-0.2, -0.15) is 0 Å². The second-order valence-corrected chi connectivity index (χ2v) is 10.3. The van der Waals surface area contributed by atoms with E-state index >= 15 is 0 Å². The fourth-order valence-corrected chi connectivity index (χ4v) is 4.55. The number of esters is 1. The van der Waals surface area contributed by atoms with Gasteiger partial charge in [0.05, 0.1) is 0 Å². The number of carboxylic acids is 1. The van der Waals surface area contributed by atoms with Crippen LogP contribution in [-0.2, 0) is 14.3 Å². The van der Waals surface area contributed by atoms with Gasteiger partial charge in [0.2, 0.25) is 0 Å². The Balaban J connectivity index is 3.57. The molecular formula is C30H58O4. The molecule has 0 saturated heterocycles. The number of hydrogen-bond acceptors (Lipinski definition) is 3. The van der Waals surface area contributed by atoms with Gasteiger partial charge in [0.25, 0.3) is 0 Å². The number of hydrogen-bond donors (Lipinski definition) is 1. The maximum absolute atomic E-state index is 12.1. The molecule has 0 aliphatic carbocycles. The fraction of sp³-hybridized carbons (Fsp3) is 0.933. The average molecular weight is 483 g/mol. The van der Waals surface area contributed by atoms with Crippen molar-refractivity contribution < 1.29 is 19.4 Å². The zero-order valence-corrected chi connectivity index (χ0v) is 22.9. The summed E-state index contributed by atoms with van der Waals surface area (Å²) in [7, 11) is 0. The Hall–Kier alpha value is -1.06. The minimum atomic E-state index is -1.00. The second-order valence-electron chi connectivity index (χ2n) is 10.3. The lowest BCUT2D eigenvalue weighted by Gasteiger charge is -2.13. The average Bonchev–Trinajstić information content (AvgIpc) is 2.82. The van der Waals surface area contributed by atoms with E-state index in [1.165, 1.54) is 109 Å². The Morgan fingerprint density at radius 1 is 0.529 bits per heavy atom. The molecule has 0 heterocycles. The van der Waals surface area contributed by atoms with Crippen LogP contribution >= 0.6 is 0 Å². The van der Waals surface area contributed by atoms with Crippen LogP contribution in [0.4, 0.5) is 0 Å². The van der Waals surface area contributed by atoms with Crippen LogP contribution in [0.3, 0.4) is 0 Å². The Bertz CT molecular complexity index is 449. The van der Waals surface area contributed by atoms with E-state index in [-0.39, 0.29) is 5.97 Å². The van der Waals surface area contributed by atoms with Crippen molar-refractivity contribution in [3.05, 3.63) is 0 Å². The zero-order chi connectivity index (χ0) is 25.1. The molecule has 1 N–H and O–H groups in total. The quantitative estimate of drug-likeness (QED) is 0.0934. The summed E-state index contributed by atoms with van der Waals surface area (Å²) >= 11 is 0. The molecule has 0 aromatic heterocycles. The third-order valence-electron chi connectivity index (χ3n) is 6.85. The van der Waals surface area contributed by atoms with Crippen molar-refractivity contribution in [3.8, 4) is 0 Å². The fourth-order valence-electron chi connectivity index (χ4n) is 4.55. The smallest absolute Gasteiger partial charge is 0.345 e. The highest BCUT2D eigenvalue weighted by molar-refractivity contribution is 5.77. The predicted octanol–water partition coefficient (Wildman–Crippen LogP) is 9.78. The minimum absolute atomic E-state index is 0.345. The first kappa shape index (κ1) is 32.9. The number of rotatable bonds is 27. The van der Waals surface area contributed by atoms with E-state index in [1.54, 1.807) is 0 Å². The summed E-state index contributed by atoms with van der Waals surface area (Å²) in [5, 5.41) is 9.37. The van der Waals surface area contributed by atoms with E-state index in [4.69, 9.17) is 4.74 Å². The maximum atomic E-state index is 12.1. The SMILES string of the molecule is CCCCCCCCCCCCCCCC(=O)OC(CCCCCCCCCCCC)C(=O)O. The molecule has 0 aliphatic rings. The molecule has 1 unspecified atom stereocenters. The van der Waals surface area contributed by atoms with Gasteiger partial charge >= 0.3 is 11.9 Å². The summed E-state index contributed by atoms with van der Waals surface area (Å²) in [6.07, 6.45) is 28.4. The van der Waals surface area contributed by atoms with Crippen molar-refractivity contribution in [2.75, 3.05) is 0 Å². The second kappa shape index (κ2) is 26.5.